The molecule has 0 spiro atoms. The fourth-order valence-electron chi connectivity index (χ4n) is 2.36. The van der Waals surface area contributed by atoms with Crippen LogP contribution in [-0.4, -0.2) is 29.0 Å². The van der Waals surface area contributed by atoms with Gasteiger partial charge in [0.05, 0.1) is 11.3 Å². The van der Waals surface area contributed by atoms with Gasteiger partial charge in [0, 0.05) is 23.8 Å². The number of amides is 1. The van der Waals surface area contributed by atoms with Gasteiger partial charge in [0.2, 0.25) is 5.95 Å². The number of alkyl halides is 3. The zero-order valence-electron chi connectivity index (χ0n) is 14.5. The van der Waals surface area contributed by atoms with E-state index in [-0.39, 0.29) is 16.4 Å². The third kappa shape index (κ3) is 4.63. The molecular formula is C17H18ClF3N4O. The van der Waals surface area contributed by atoms with Crippen molar-refractivity contribution in [2.24, 2.45) is 0 Å². The maximum Gasteiger partial charge on any atom is 0.418 e. The van der Waals surface area contributed by atoms with Gasteiger partial charge in [-0.25, -0.2) is 9.97 Å². The van der Waals surface area contributed by atoms with Crippen LogP contribution in [0.25, 0.3) is 0 Å². The molecule has 2 rings (SSSR count). The molecule has 26 heavy (non-hydrogen) atoms. The van der Waals surface area contributed by atoms with E-state index in [4.69, 9.17) is 11.6 Å². The highest BCUT2D eigenvalue weighted by Crippen LogP contribution is 2.36. The molecule has 9 heteroatoms. The fraction of sp³-hybridized carbons (Fsp3) is 0.353. The largest absolute Gasteiger partial charge is 0.418 e. The van der Waals surface area contributed by atoms with Crippen LogP contribution in [0, 0.1) is 6.92 Å². The van der Waals surface area contributed by atoms with E-state index in [2.05, 4.69) is 15.3 Å². The van der Waals surface area contributed by atoms with Crippen molar-refractivity contribution in [1.82, 2.24) is 9.97 Å². The lowest BCUT2D eigenvalue weighted by Gasteiger charge is -2.19. The summed E-state index contributed by atoms with van der Waals surface area (Å²) in [6, 6.07) is 4.58. The van der Waals surface area contributed by atoms with E-state index in [0.717, 1.165) is 12.1 Å². The van der Waals surface area contributed by atoms with Crippen molar-refractivity contribution >= 4 is 29.1 Å². The fourth-order valence-corrected chi connectivity index (χ4v) is 2.54. The summed E-state index contributed by atoms with van der Waals surface area (Å²) >= 11 is 5.65. The lowest BCUT2D eigenvalue weighted by atomic mass is 10.1. The van der Waals surface area contributed by atoms with Crippen molar-refractivity contribution in [2.45, 2.75) is 26.9 Å². The molecule has 0 bridgehead atoms. The van der Waals surface area contributed by atoms with E-state index in [1.807, 2.05) is 18.7 Å². The first-order valence-corrected chi connectivity index (χ1v) is 8.32. The maximum atomic E-state index is 13.2. The van der Waals surface area contributed by atoms with Crippen molar-refractivity contribution < 1.29 is 18.0 Å². The van der Waals surface area contributed by atoms with Gasteiger partial charge in [-0.05, 0) is 45.0 Å². The number of hydrogen-bond acceptors (Lipinski definition) is 4. The Balaban J connectivity index is 2.37. The van der Waals surface area contributed by atoms with Crippen LogP contribution in [0.15, 0.2) is 24.3 Å². The highest BCUT2D eigenvalue weighted by molar-refractivity contribution is 6.30. The molecule has 0 radical (unpaired) electrons. The Bertz CT molecular complexity index is 807. The molecule has 2 aromatic rings. The number of hydrogen-bond donors (Lipinski definition) is 1. The second kappa shape index (κ2) is 7.90. The van der Waals surface area contributed by atoms with Crippen molar-refractivity contribution in [3.8, 4) is 0 Å². The molecule has 1 aromatic heterocycles. The molecule has 0 saturated heterocycles. The van der Waals surface area contributed by atoms with Crippen LogP contribution >= 0.6 is 11.6 Å². The quantitative estimate of drug-likeness (QED) is 0.818. The number of anilines is 2. The third-order valence-electron chi connectivity index (χ3n) is 3.66. The molecule has 140 valence electrons. The van der Waals surface area contributed by atoms with Gasteiger partial charge >= 0.3 is 6.18 Å². The summed E-state index contributed by atoms with van der Waals surface area (Å²) in [5, 5.41) is 2.19. The molecule has 0 unspecified atom stereocenters. The van der Waals surface area contributed by atoms with Crippen LogP contribution in [0.1, 0.15) is 35.6 Å². The normalized spacial score (nSPS) is 11.3. The number of benzene rings is 1. The zero-order chi connectivity index (χ0) is 19.5. The minimum atomic E-state index is -4.65. The summed E-state index contributed by atoms with van der Waals surface area (Å²) in [6.45, 7) is 6.79. The number of nitrogens with zero attached hydrogens (tertiary/aromatic N) is 3. The van der Waals surface area contributed by atoms with Crippen molar-refractivity contribution in [1.29, 1.82) is 0 Å². The average molecular weight is 387 g/mol. The third-order valence-corrected chi connectivity index (χ3v) is 3.89. The highest BCUT2D eigenvalue weighted by Gasteiger charge is 2.34. The molecule has 1 N–H and O–H groups in total. The summed E-state index contributed by atoms with van der Waals surface area (Å²) in [7, 11) is 0. The van der Waals surface area contributed by atoms with Crippen LogP contribution < -0.4 is 10.2 Å². The molecule has 1 heterocycles. The molecule has 0 aliphatic carbocycles. The predicted octanol–water partition coefficient (Wildman–Crippen LogP) is 4.56. The molecular weight excluding hydrogens is 369 g/mol. The Morgan fingerprint density at radius 2 is 1.85 bits per heavy atom. The van der Waals surface area contributed by atoms with Gasteiger partial charge < -0.3 is 10.2 Å². The Morgan fingerprint density at radius 3 is 2.42 bits per heavy atom. The zero-order valence-corrected chi connectivity index (χ0v) is 15.2. The minimum Gasteiger partial charge on any atom is -0.341 e. The molecule has 0 fully saturated rings. The molecule has 0 atom stereocenters. The number of aryl methyl sites for hydroxylation is 1. The second-order valence-corrected chi connectivity index (χ2v) is 5.95. The molecule has 5 nitrogen and oxygen atoms in total. The topological polar surface area (TPSA) is 58.1 Å². The lowest BCUT2D eigenvalue weighted by Crippen LogP contribution is -2.26. The van der Waals surface area contributed by atoms with Crippen LogP contribution in [0.3, 0.4) is 0 Å². The number of carbonyl (C=O) groups excluding carboxylic acids is 1. The van der Waals surface area contributed by atoms with E-state index in [1.54, 1.807) is 6.92 Å². The van der Waals surface area contributed by atoms with Crippen LogP contribution in [0.4, 0.5) is 24.8 Å². The van der Waals surface area contributed by atoms with E-state index < -0.39 is 17.6 Å². The minimum absolute atomic E-state index is 0.0116. The van der Waals surface area contributed by atoms with Crippen LogP contribution in [0.5, 0.6) is 0 Å². The van der Waals surface area contributed by atoms with Gasteiger partial charge in [-0.15, -0.1) is 0 Å². The summed E-state index contributed by atoms with van der Waals surface area (Å²) in [6.07, 6.45) is -4.65. The van der Waals surface area contributed by atoms with Gasteiger partial charge in [0.15, 0.2) is 0 Å². The first kappa shape index (κ1) is 20.0. The van der Waals surface area contributed by atoms with Crippen molar-refractivity contribution in [2.75, 3.05) is 23.3 Å². The van der Waals surface area contributed by atoms with Gasteiger partial charge in [-0.1, -0.05) is 11.6 Å². The van der Waals surface area contributed by atoms with Crippen molar-refractivity contribution in [3.05, 3.63) is 46.2 Å². The monoisotopic (exact) mass is 386 g/mol. The first-order chi connectivity index (χ1) is 12.2. The Kier molecular flexibility index (Phi) is 6.07. The maximum absolute atomic E-state index is 13.2. The SMILES string of the molecule is CCN(CC)c1nc(C)cc(C(=O)Nc2ccc(Cl)cc2C(F)(F)F)n1. The first-order valence-electron chi connectivity index (χ1n) is 7.94. The molecule has 0 aliphatic rings. The number of carbonyl (C=O) groups is 1. The number of nitrogens with one attached hydrogen (secondary N) is 1. The average Bonchev–Trinajstić information content (AvgIpc) is 2.56. The summed E-state index contributed by atoms with van der Waals surface area (Å²) in [5.74, 6) is -0.399. The molecule has 0 saturated carbocycles. The second-order valence-electron chi connectivity index (χ2n) is 5.51. The number of rotatable bonds is 5. The van der Waals surface area contributed by atoms with Gasteiger partial charge in [0.1, 0.15) is 5.69 Å². The summed E-state index contributed by atoms with van der Waals surface area (Å²) in [5.41, 5.74) is -0.873. The standard InChI is InChI=1S/C17H18ClF3N4O/c1-4-25(5-2)16-22-10(3)8-14(24-16)15(26)23-13-7-6-11(18)9-12(13)17(19,20)21/h6-9H,4-5H2,1-3H3,(H,23,26). The Labute approximate surface area is 154 Å². The molecule has 1 aromatic carbocycles. The van der Waals surface area contributed by atoms with Gasteiger partial charge in [-0.3, -0.25) is 4.79 Å². The van der Waals surface area contributed by atoms with Gasteiger partial charge in [0.25, 0.3) is 5.91 Å². The van der Waals surface area contributed by atoms with Crippen molar-refractivity contribution in [3.63, 3.8) is 0 Å². The smallest absolute Gasteiger partial charge is 0.341 e. The lowest BCUT2D eigenvalue weighted by molar-refractivity contribution is -0.136. The van der Waals surface area contributed by atoms with E-state index >= 15 is 0 Å². The van der Waals surface area contributed by atoms with E-state index in [9.17, 15) is 18.0 Å². The highest BCUT2D eigenvalue weighted by atomic mass is 35.5. The van der Waals surface area contributed by atoms with Crippen LogP contribution in [-0.2, 0) is 6.18 Å². The van der Waals surface area contributed by atoms with E-state index in [0.29, 0.717) is 24.7 Å². The number of halogens is 4. The Hall–Kier alpha value is -2.35. The molecule has 1 amide bonds. The Morgan fingerprint density at radius 1 is 1.19 bits per heavy atom. The van der Waals surface area contributed by atoms with Crippen LogP contribution in [0.2, 0.25) is 5.02 Å². The number of aromatic nitrogens is 2. The van der Waals surface area contributed by atoms with Gasteiger partial charge in [-0.2, -0.15) is 13.2 Å². The molecule has 0 aliphatic heterocycles. The summed E-state index contributed by atoms with van der Waals surface area (Å²) < 4.78 is 39.5. The van der Waals surface area contributed by atoms with E-state index in [1.165, 1.54) is 12.1 Å². The summed E-state index contributed by atoms with van der Waals surface area (Å²) in [4.78, 5) is 22.7. The predicted molar refractivity (Wildman–Crippen MR) is 94.7 cm³/mol.